The third-order valence-corrected chi connectivity index (χ3v) is 3.25. The fraction of sp³-hybridized carbons (Fsp3) is 0.500. The van der Waals surface area contributed by atoms with Crippen LogP contribution < -0.4 is 5.73 Å². The summed E-state index contributed by atoms with van der Waals surface area (Å²) in [5.41, 5.74) is 7.04. The van der Waals surface area contributed by atoms with Crippen LogP contribution in [-0.2, 0) is 16.0 Å². The number of carbonyl (C=O) groups excluding carboxylic acids is 2. The SMILES string of the molecule is CCCN(CC(=O)N(C)C)C(=O)C(N)Cc1ccccc1. The number of benzene rings is 1. The van der Waals surface area contributed by atoms with Gasteiger partial charge in [-0.1, -0.05) is 37.3 Å². The molecule has 2 amide bonds. The van der Waals surface area contributed by atoms with Crippen LogP contribution in [0, 0.1) is 0 Å². The zero-order chi connectivity index (χ0) is 15.8. The third-order valence-electron chi connectivity index (χ3n) is 3.25. The molecule has 0 radical (unpaired) electrons. The van der Waals surface area contributed by atoms with Crippen molar-refractivity contribution in [3.05, 3.63) is 35.9 Å². The first kappa shape index (κ1) is 17.2. The van der Waals surface area contributed by atoms with E-state index in [-0.39, 0.29) is 18.4 Å². The van der Waals surface area contributed by atoms with Crippen molar-refractivity contribution >= 4 is 11.8 Å². The van der Waals surface area contributed by atoms with E-state index in [1.807, 2.05) is 37.3 Å². The summed E-state index contributed by atoms with van der Waals surface area (Å²) in [4.78, 5) is 27.3. The third kappa shape index (κ3) is 5.55. The highest BCUT2D eigenvalue weighted by atomic mass is 16.2. The molecule has 0 heterocycles. The van der Waals surface area contributed by atoms with Gasteiger partial charge in [0.15, 0.2) is 0 Å². The highest BCUT2D eigenvalue weighted by Gasteiger charge is 2.23. The molecule has 1 atom stereocenters. The van der Waals surface area contributed by atoms with Crippen LogP contribution in [0.5, 0.6) is 0 Å². The molecule has 0 aliphatic rings. The second-order valence-corrected chi connectivity index (χ2v) is 5.34. The average molecular weight is 291 g/mol. The van der Waals surface area contributed by atoms with Crippen LogP contribution in [0.4, 0.5) is 0 Å². The van der Waals surface area contributed by atoms with Crippen molar-refractivity contribution < 1.29 is 9.59 Å². The number of likely N-dealkylation sites (N-methyl/N-ethyl adjacent to an activating group) is 1. The minimum Gasteiger partial charge on any atom is -0.347 e. The Hall–Kier alpha value is -1.88. The van der Waals surface area contributed by atoms with Gasteiger partial charge in [0.25, 0.3) is 0 Å². The molecule has 0 aliphatic carbocycles. The van der Waals surface area contributed by atoms with Crippen molar-refractivity contribution in [3.63, 3.8) is 0 Å². The second-order valence-electron chi connectivity index (χ2n) is 5.34. The largest absolute Gasteiger partial charge is 0.347 e. The van der Waals surface area contributed by atoms with Crippen molar-refractivity contribution in [3.8, 4) is 0 Å². The second kappa shape index (κ2) is 8.42. The maximum absolute atomic E-state index is 12.4. The van der Waals surface area contributed by atoms with Crippen molar-refractivity contribution in [1.29, 1.82) is 0 Å². The molecule has 0 aromatic heterocycles. The van der Waals surface area contributed by atoms with E-state index in [0.29, 0.717) is 13.0 Å². The molecule has 1 rings (SSSR count). The number of carbonyl (C=O) groups is 2. The number of rotatable bonds is 7. The zero-order valence-corrected chi connectivity index (χ0v) is 13.1. The Labute approximate surface area is 126 Å². The lowest BCUT2D eigenvalue weighted by Crippen LogP contribution is -2.48. The normalized spacial score (nSPS) is 11.8. The van der Waals surface area contributed by atoms with Gasteiger partial charge in [-0.3, -0.25) is 9.59 Å². The predicted octanol–water partition coefficient (Wildman–Crippen LogP) is 0.883. The van der Waals surface area contributed by atoms with E-state index in [4.69, 9.17) is 5.73 Å². The average Bonchev–Trinajstić information content (AvgIpc) is 2.46. The van der Waals surface area contributed by atoms with E-state index in [0.717, 1.165) is 12.0 Å². The number of hydrogen-bond acceptors (Lipinski definition) is 3. The summed E-state index contributed by atoms with van der Waals surface area (Å²) in [5.74, 6) is -0.264. The summed E-state index contributed by atoms with van der Waals surface area (Å²) in [6, 6.07) is 9.05. The van der Waals surface area contributed by atoms with Crippen LogP contribution in [0.15, 0.2) is 30.3 Å². The van der Waals surface area contributed by atoms with Gasteiger partial charge in [0.1, 0.15) is 0 Å². The Kier molecular flexibility index (Phi) is 6.88. The molecule has 0 aliphatic heterocycles. The summed E-state index contributed by atoms with van der Waals surface area (Å²) in [6.07, 6.45) is 1.28. The molecule has 1 aromatic carbocycles. The van der Waals surface area contributed by atoms with E-state index in [2.05, 4.69) is 0 Å². The van der Waals surface area contributed by atoms with E-state index in [1.54, 1.807) is 19.0 Å². The number of amides is 2. The maximum atomic E-state index is 12.4. The van der Waals surface area contributed by atoms with Gasteiger partial charge in [-0.15, -0.1) is 0 Å². The Balaban J connectivity index is 2.68. The molecular weight excluding hydrogens is 266 g/mol. The molecule has 5 nitrogen and oxygen atoms in total. The number of nitrogens with two attached hydrogens (primary N) is 1. The molecule has 0 spiro atoms. The lowest BCUT2D eigenvalue weighted by atomic mass is 10.1. The maximum Gasteiger partial charge on any atom is 0.241 e. The van der Waals surface area contributed by atoms with Gasteiger partial charge in [-0.2, -0.15) is 0 Å². The smallest absolute Gasteiger partial charge is 0.241 e. The minimum atomic E-state index is -0.617. The molecule has 5 heteroatoms. The minimum absolute atomic E-state index is 0.0855. The fourth-order valence-corrected chi connectivity index (χ4v) is 2.03. The highest BCUT2D eigenvalue weighted by molar-refractivity contribution is 5.87. The summed E-state index contributed by atoms with van der Waals surface area (Å²) in [5, 5.41) is 0. The summed E-state index contributed by atoms with van der Waals surface area (Å²) < 4.78 is 0. The van der Waals surface area contributed by atoms with E-state index >= 15 is 0 Å². The van der Waals surface area contributed by atoms with Gasteiger partial charge in [0.05, 0.1) is 12.6 Å². The molecule has 0 bridgehead atoms. The van der Waals surface area contributed by atoms with Gasteiger partial charge in [-0.05, 0) is 18.4 Å². The van der Waals surface area contributed by atoms with E-state index < -0.39 is 6.04 Å². The Morgan fingerprint density at radius 2 is 1.81 bits per heavy atom. The van der Waals surface area contributed by atoms with Crippen LogP contribution in [0.2, 0.25) is 0 Å². The monoisotopic (exact) mass is 291 g/mol. The highest BCUT2D eigenvalue weighted by Crippen LogP contribution is 2.05. The molecule has 116 valence electrons. The Morgan fingerprint density at radius 3 is 2.33 bits per heavy atom. The van der Waals surface area contributed by atoms with Gasteiger partial charge in [0.2, 0.25) is 11.8 Å². The molecule has 2 N–H and O–H groups in total. The van der Waals surface area contributed by atoms with Crippen molar-refractivity contribution in [1.82, 2.24) is 9.80 Å². The number of nitrogens with zero attached hydrogens (tertiary/aromatic N) is 2. The zero-order valence-electron chi connectivity index (χ0n) is 13.1. The van der Waals surface area contributed by atoms with Gasteiger partial charge < -0.3 is 15.5 Å². The standard InChI is InChI=1S/C16H25N3O2/c1-4-10-19(12-15(20)18(2)3)16(21)14(17)11-13-8-6-5-7-9-13/h5-9,14H,4,10-12,17H2,1-3H3. The molecule has 0 saturated heterocycles. The summed E-state index contributed by atoms with van der Waals surface area (Å²) in [6.45, 7) is 2.60. The van der Waals surface area contributed by atoms with Gasteiger partial charge in [-0.25, -0.2) is 0 Å². The summed E-state index contributed by atoms with van der Waals surface area (Å²) in [7, 11) is 3.36. The van der Waals surface area contributed by atoms with Crippen LogP contribution in [0.25, 0.3) is 0 Å². The van der Waals surface area contributed by atoms with Gasteiger partial charge >= 0.3 is 0 Å². The molecular formula is C16H25N3O2. The molecule has 1 unspecified atom stereocenters. The lowest BCUT2D eigenvalue weighted by molar-refractivity contribution is -0.140. The molecule has 21 heavy (non-hydrogen) atoms. The number of hydrogen-bond donors (Lipinski definition) is 1. The predicted molar refractivity (Wildman–Crippen MR) is 83.7 cm³/mol. The van der Waals surface area contributed by atoms with Crippen LogP contribution in [0.3, 0.4) is 0 Å². The van der Waals surface area contributed by atoms with Crippen molar-refractivity contribution in [2.45, 2.75) is 25.8 Å². The molecule has 0 saturated carbocycles. The first-order valence-electron chi connectivity index (χ1n) is 7.24. The molecule has 0 fully saturated rings. The van der Waals surface area contributed by atoms with Crippen LogP contribution >= 0.6 is 0 Å². The Morgan fingerprint density at radius 1 is 1.19 bits per heavy atom. The first-order valence-corrected chi connectivity index (χ1v) is 7.24. The topological polar surface area (TPSA) is 66.6 Å². The van der Waals surface area contributed by atoms with Crippen LogP contribution in [-0.4, -0.2) is 54.8 Å². The van der Waals surface area contributed by atoms with Crippen molar-refractivity contribution in [2.24, 2.45) is 5.73 Å². The van der Waals surface area contributed by atoms with Crippen molar-refractivity contribution in [2.75, 3.05) is 27.2 Å². The fourth-order valence-electron chi connectivity index (χ4n) is 2.03. The van der Waals surface area contributed by atoms with Crippen LogP contribution in [0.1, 0.15) is 18.9 Å². The summed E-state index contributed by atoms with van der Waals surface area (Å²) >= 11 is 0. The first-order chi connectivity index (χ1) is 9.95. The molecule has 1 aromatic rings. The quantitative estimate of drug-likeness (QED) is 0.811. The van der Waals surface area contributed by atoms with Gasteiger partial charge in [0, 0.05) is 20.6 Å². The van der Waals surface area contributed by atoms with E-state index in [1.165, 1.54) is 4.90 Å². The lowest BCUT2D eigenvalue weighted by Gasteiger charge is -2.26. The Bertz CT molecular complexity index is 460. The van der Waals surface area contributed by atoms with E-state index in [9.17, 15) is 9.59 Å².